The lowest BCUT2D eigenvalue weighted by Gasteiger charge is -2.09. The third-order valence-electron chi connectivity index (χ3n) is 3.54. The number of halogens is 1. The number of imidazole rings is 1. The maximum atomic E-state index is 13.9. The third kappa shape index (κ3) is 2.64. The van der Waals surface area contributed by atoms with Crippen molar-refractivity contribution < 1.29 is 14.3 Å². The second kappa shape index (κ2) is 5.53. The number of carboxylic acids is 1. The molecule has 2 aromatic heterocycles. The van der Waals surface area contributed by atoms with Crippen molar-refractivity contribution in [2.75, 3.05) is 5.73 Å². The molecule has 0 unspecified atom stereocenters. The van der Waals surface area contributed by atoms with Gasteiger partial charge in [0.15, 0.2) is 0 Å². The maximum Gasteiger partial charge on any atom is 0.338 e. The Balaban J connectivity index is 2.11. The van der Waals surface area contributed by atoms with Gasteiger partial charge in [0.25, 0.3) is 0 Å². The highest BCUT2D eigenvalue weighted by Gasteiger charge is 2.14. The number of carboxylic acid groups (broad SMARTS) is 1. The van der Waals surface area contributed by atoms with Gasteiger partial charge in [0.1, 0.15) is 11.6 Å². The van der Waals surface area contributed by atoms with Gasteiger partial charge in [-0.3, -0.25) is 0 Å². The van der Waals surface area contributed by atoms with E-state index in [1.807, 2.05) is 11.6 Å². The van der Waals surface area contributed by atoms with Crippen LogP contribution in [0, 0.1) is 5.82 Å². The van der Waals surface area contributed by atoms with E-state index in [0.717, 1.165) is 17.3 Å². The number of nitrogens with zero attached hydrogens (tertiary/aromatic N) is 3. The van der Waals surface area contributed by atoms with Crippen molar-refractivity contribution in [3.63, 3.8) is 0 Å². The summed E-state index contributed by atoms with van der Waals surface area (Å²) in [6, 6.07) is 5.63. The van der Waals surface area contributed by atoms with E-state index >= 15 is 0 Å². The Morgan fingerprint density at radius 3 is 2.65 bits per heavy atom. The smallest absolute Gasteiger partial charge is 0.338 e. The lowest BCUT2D eigenvalue weighted by molar-refractivity contribution is 0.0692. The van der Waals surface area contributed by atoms with Crippen molar-refractivity contribution in [1.29, 1.82) is 0 Å². The molecule has 6 nitrogen and oxygen atoms in total. The number of aryl methyl sites for hydroxylation is 1. The Morgan fingerprint density at radius 2 is 2.04 bits per heavy atom. The van der Waals surface area contributed by atoms with Crippen molar-refractivity contribution in [3.05, 3.63) is 54.4 Å². The lowest BCUT2D eigenvalue weighted by Crippen LogP contribution is -2.01. The molecule has 0 saturated heterocycles. The summed E-state index contributed by atoms with van der Waals surface area (Å²) in [6.07, 6.45) is 4.95. The molecule has 0 spiro atoms. The number of anilines is 1. The summed E-state index contributed by atoms with van der Waals surface area (Å²) in [5, 5.41) is 8.89. The molecule has 0 saturated carbocycles. The van der Waals surface area contributed by atoms with E-state index in [9.17, 15) is 9.18 Å². The van der Waals surface area contributed by atoms with Crippen LogP contribution in [0.25, 0.3) is 22.4 Å². The van der Waals surface area contributed by atoms with Crippen LogP contribution in [-0.2, 0) is 7.05 Å². The molecule has 0 aliphatic carbocycles. The highest BCUT2D eigenvalue weighted by Crippen LogP contribution is 2.30. The molecular formula is C16H13FN4O2. The van der Waals surface area contributed by atoms with E-state index in [-0.39, 0.29) is 11.4 Å². The molecule has 7 heteroatoms. The highest BCUT2D eigenvalue weighted by atomic mass is 19.1. The quantitative estimate of drug-likeness (QED) is 0.775. The summed E-state index contributed by atoms with van der Waals surface area (Å²) in [5.74, 6) is -1.90. The molecule has 0 atom stereocenters. The zero-order chi connectivity index (χ0) is 16.6. The molecule has 116 valence electrons. The van der Waals surface area contributed by atoms with E-state index in [4.69, 9.17) is 10.8 Å². The average Bonchev–Trinajstić information content (AvgIpc) is 2.93. The van der Waals surface area contributed by atoms with Crippen LogP contribution in [0.1, 0.15) is 10.4 Å². The van der Waals surface area contributed by atoms with Crippen LogP contribution in [0.3, 0.4) is 0 Å². The van der Waals surface area contributed by atoms with Crippen LogP contribution in [-0.4, -0.2) is 25.6 Å². The van der Waals surface area contributed by atoms with Crippen molar-refractivity contribution in [3.8, 4) is 22.4 Å². The Hall–Kier alpha value is -3.22. The number of aromatic nitrogens is 3. The van der Waals surface area contributed by atoms with Crippen molar-refractivity contribution in [2.24, 2.45) is 7.05 Å². The normalized spacial score (nSPS) is 10.7. The molecule has 1 aromatic carbocycles. The van der Waals surface area contributed by atoms with Gasteiger partial charge in [-0.05, 0) is 23.8 Å². The first-order chi connectivity index (χ1) is 11.0. The fourth-order valence-corrected chi connectivity index (χ4v) is 2.34. The van der Waals surface area contributed by atoms with Crippen LogP contribution >= 0.6 is 0 Å². The molecule has 3 N–H and O–H groups in total. The number of carbonyl (C=O) groups is 1. The Labute approximate surface area is 131 Å². The first-order valence-electron chi connectivity index (χ1n) is 6.73. The molecule has 0 bridgehead atoms. The van der Waals surface area contributed by atoms with Gasteiger partial charge in [0.05, 0.1) is 23.8 Å². The first kappa shape index (κ1) is 14.7. The minimum absolute atomic E-state index is 0.235. The number of pyridine rings is 1. The number of aromatic carboxylic acids is 1. The minimum atomic E-state index is -1.32. The number of nitrogens with two attached hydrogens (primary N) is 1. The highest BCUT2D eigenvalue weighted by molar-refractivity contribution is 5.89. The minimum Gasteiger partial charge on any atom is -0.478 e. The molecular weight excluding hydrogens is 299 g/mol. The topological polar surface area (TPSA) is 94.0 Å². The van der Waals surface area contributed by atoms with Gasteiger partial charge in [-0.25, -0.2) is 19.2 Å². The SMILES string of the molecule is Cn1cncc1-c1cnc(N)c(-c2ccc(C(=O)O)c(F)c2)c1. The number of nitrogen functional groups attached to an aromatic ring is 1. The molecule has 0 aliphatic heterocycles. The van der Waals surface area contributed by atoms with Crippen LogP contribution in [0.2, 0.25) is 0 Å². The van der Waals surface area contributed by atoms with Gasteiger partial charge in [-0.15, -0.1) is 0 Å². The van der Waals surface area contributed by atoms with E-state index in [1.165, 1.54) is 12.1 Å². The molecule has 2 heterocycles. The van der Waals surface area contributed by atoms with Crippen LogP contribution in [0.5, 0.6) is 0 Å². The molecule has 0 amide bonds. The Morgan fingerprint density at radius 1 is 1.26 bits per heavy atom. The van der Waals surface area contributed by atoms with E-state index in [2.05, 4.69) is 9.97 Å². The largest absolute Gasteiger partial charge is 0.478 e. The summed E-state index contributed by atoms with van der Waals surface area (Å²) in [6.45, 7) is 0. The van der Waals surface area contributed by atoms with Gasteiger partial charge in [0, 0.05) is 24.4 Å². The Bertz CT molecular complexity index is 905. The standard InChI is InChI=1S/C16H13FN4O2/c1-21-8-19-7-14(21)10-4-12(15(18)20-6-10)9-2-3-11(16(22)23)13(17)5-9/h2-8H,1H3,(H2,18,20)(H,22,23). The Kier molecular flexibility index (Phi) is 3.53. The average molecular weight is 312 g/mol. The van der Waals surface area contributed by atoms with Gasteiger partial charge in [0.2, 0.25) is 0 Å². The molecule has 0 fully saturated rings. The molecule has 23 heavy (non-hydrogen) atoms. The van der Waals surface area contributed by atoms with Crippen molar-refractivity contribution in [2.45, 2.75) is 0 Å². The summed E-state index contributed by atoms with van der Waals surface area (Å²) < 4.78 is 15.7. The maximum absolute atomic E-state index is 13.9. The molecule has 3 aromatic rings. The van der Waals surface area contributed by atoms with E-state index in [0.29, 0.717) is 11.1 Å². The molecule has 0 radical (unpaired) electrons. The predicted molar refractivity (Wildman–Crippen MR) is 83.2 cm³/mol. The first-order valence-corrected chi connectivity index (χ1v) is 6.73. The van der Waals surface area contributed by atoms with Crippen LogP contribution in [0.15, 0.2) is 43.0 Å². The lowest BCUT2D eigenvalue weighted by atomic mass is 10.0. The second-order valence-corrected chi connectivity index (χ2v) is 5.05. The number of hydrogen-bond donors (Lipinski definition) is 2. The fraction of sp³-hybridized carbons (Fsp3) is 0.0625. The van der Waals surface area contributed by atoms with E-state index < -0.39 is 11.8 Å². The zero-order valence-corrected chi connectivity index (χ0v) is 12.2. The summed E-state index contributed by atoms with van der Waals surface area (Å²) in [5.41, 5.74) is 8.10. The summed E-state index contributed by atoms with van der Waals surface area (Å²) in [4.78, 5) is 19.1. The number of benzene rings is 1. The van der Waals surface area contributed by atoms with Gasteiger partial charge < -0.3 is 15.4 Å². The summed E-state index contributed by atoms with van der Waals surface area (Å²) in [7, 11) is 1.85. The van der Waals surface area contributed by atoms with E-state index in [1.54, 1.807) is 24.8 Å². The summed E-state index contributed by atoms with van der Waals surface area (Å²) >= 11 is 0. The van der Waals surface area contributed by atoms with Gasteiger partial charge >= 0.3 is 5.97 Å². The third-order valence-corrected chi connectivity index (χ3v) is 3.54. The number of rotatable bonds is 3. The molecule has 0 aliphatic rings. The predicted octanol–water partition coefficient (Wildman–Crippen LogP) is 2.57. The zero-order valence-electron chi connectivity index (χ0n) is 12.2. The van der Waals surface area contributed by atoms with Crippen molar-refractivity contribution in [1.82, 2.24) is 14.5 Å². The van der Waals surface area contributed by atoms with Crippen molar-refractivity contribution >= 4 is 11.8 Å². The second-order valence-electron chi connectivity index (χ2n) is 5.05. The van der Waals surface area contributed by atoms with Gasteiger partial charge in [-0.2, -0.15) is 0 Å². The van der Waals surface area contributed by atoms with Gasteiger partial charge in [-0.1, -0.05) is 6.07 Å². The van der Waals surface area contributed by atoms with Crippen LogP contribution < -0.4 is 5.73 Å². The molecule has 3 rings (SSSR count). The fourth-order valence-electron chi connectivity index (χ4n) is 2.34. The van der Waals surface area contributed by atoms with Crippen LogP contribution in [0.4, 0.5) is 10.2 Å². The number of hydrogen-bond acceptors (Lipinski definition) is 4. The monoisotopic (exact) mass is 312 g/mol.